The maximum absolute atomic E-state index is 13.6. The standard InChI is InChI=1S/C17H16FN5O3S/c18-12-3-1-2-4-13(12)20-17(27)22-21-16(24)10-5-8-14(19-11-6-7-11)15(9-10)23(25)26/h1-5,8-9,11,19H,6-7H2,(H,21,24)(H2,20,22,27). The molecule has 1 saturated carbocycles. The number of hydrazine groups is 1. The molecule has 1 fully saturated rings. The normalized spacial score (nSPS) is 12.8. The highest BCUT2D eigenvalue weighted by atomic mass is 32.1. The van der Waals surface area contributed by atoms with Crippen molar-refractivity contribution in [2.24, 2.45) is 0 Å². The van der Waals surface area contributed by atoms with E-state index in [1.54, 1.807) is 6.07 Å². The Balaban J connectivity index is 1.61. The Kier molecular flexibility index (Phi) is 5.46. The second-order valence-electron chi connectivity index (χ2n) is 5.92. The molecule has 10 heteroatoms. The fraction of sp³-hybridized carbons (Fsp3) is 0.176. The van der Waals surface area contributed by atoms with Crippen LogP contribution in [0.2, 0.25) is 0 Å². The molecule has 0 radical (unpaired) electrons. The largest absolute Gasteiger partial charge is 0.377 e. The molecule has 0 saturated heterocycles. The third kappa shape index (κ3) is 4.88. The number of carbonyl (C=O) groups excluding carboxylic acids is 1. The van der Waals surface area contributed by atoms with Crippen molar-refractivity contribution in [1.29, 1.82) is 0 Å². The maximum atomic E-state index is 13.6. The van der Waals surface area contributed by atoms with Crippen molar-refractivity contribution in [3.05, 3.63) is 64.0 Å². The van der Waals surface area contributed by atoms with Crippen molar-refractivity contribution in [2.45, 2.75) is 18.9 Å². The molecule has 2 aromatic carbocycles. The topological polar surface area (TPSA) is 108 Å². The molecule has 27 heavy (non-hydrogen) atoms. The van der Waals surface area contributed by atoms with E-state index in [0.29, 0.717) is 5.69 Å². The van der Waals surface area contributed by atoms with Crippen LogP contribution < -0.4 is 21.5 Å². The van der Waals surface area contributed by atoms with Gasteiger partial charge in [0.05, 0.1) is 10.6 Å². The first-order valence-corrected chi connectivity index (χ1v) is 8.51. The van der Waals surface area contributed by atoms with Gasteiger partial charge in [0, 0.05) is 17.7 Å². The Morgan fingerprint density at radius 2 is 1.89 bits per heavy atom. The van der Waals surface area contributed by atoms with Crippen LogP contribution in [0.4, 0.5) is 21.5 Å². The Labute approximate surface area is 159 Å². The van der Waals surface area contributed by atoms with Gasteiger partial charge in [-0.2, -0.15) is 0 Å². The Hall–Kier alpha value is -3.27. The lowest BCUT2D eigenvalue weighted by Crippen LogP contribution is -2.43. The van der Waals surface area contributed by atoms with Crippen molar-refractivity contribution < 1.29 is 14.1 Å². The fourth-order valence-electron chi connectivity index (χ4n) is 2.30. The van der Waals surface area contributed by atoms with Crippen molar-refractivity contribution in [3.8, 4) is 0 Å². The highest BCUT2D eigenvalue weighted by Gasteiger charge is 2.25. The monoisotopic (exact) mass is 389 g/mol. The summed E-state index contributed by atoms with van der Waals surface area (Å²) in [4.78, 5) is 22.9. The zero-order valence-electron chi connectivity index (χ0n) is 14.0. The number of carbonyl (C=O) groups is 1. The second-order valence-corrected chi connectivity index (χ2v) is 6.33. The van der Waals surface area contributed by atoms with Crippen molar-refractivity contribution in [3.63, 3.8) is 0 Å². The maximum Gasteiger partial charge on any atom is 0.293 e. The predicted octanol–water partition coefficient (Wildman–Crippen LogP) is 2.94. The van der Waals surface area contributed by atoms with E-state index in [1.807, 2.05) is 0 Å². The molecule has 0 heterocycles. The minimum absolute atomic E-state index is 0.0324. The van der Waals surface area contributed by atoms with E-state index in [1.165, 1.54) is 36.4 Å². The number of hydrogen-bond donors (Lipinski definition) is 4. The van der Waals surface area contributed by atoms with Gasteiger partial charge in [0.2, 0.25) is 0 Å². The number of anilines is 2. The van der Waals surface area contributed by atoms with Gasteiger partial charge in [-0.25, -0.2) is 4.39 Å². The Morgan fingerprint density at radius 3 is 2.56 bits per heavy atom. The molecule has 8 nitrogen and oxygen atoms in total. The summed E-state index contributed by atoms with van der Waals surface area (Å²) in [5, 5.41) is 16.9. The van der Waals surface area contributed by atoms with Gasteiger partial charge < -0.3 is 10.6 Å². The van der Waals surface area contributed by atoms with Crippen LogP contribution in [0.5, 0.6) is 0 Å². The third-order valence-corrected chi connectivity index (χ3v) is 4.01. The summed E-state index contributed by atoms with van der Waals surface area (Å²) in [5.74, 6) is -1.11. The van der Waals surface area contributed by atoms with Crippen LogP contribution in [0.3, 0.4) is 0 Å². The Morgan fingerprint density at radius 1 is 1.15 bits per heavy atom. The predicted molar refractivity (Wildman–Crippen MR) is 103 cm³/mol. The first-order valence-electron chi connectivity index (χ1n) is 8.11. The first-order chi connectivity index (χ1) is 12.9. The lowest BCUT2D eigenvalue weighted by atomic mass is 10.1. The number of amides is 1. The number of hydrogen-bond acceptors (Lipinski definition) is 5. The first kappa shape index (κ1) is 18.5. The third-order valence-electron chi connectivity index (χ3n) is 3.81. The molecule has 2 aromatic rings. The van der Waals surface area contributed by atoms with Gasteiger partial charge in [-0.3, -0.25) is 25.8 Å². The fourth-order valence-corrected chi connectivity index (χ4v) is 2.46. The lowest BCUT2D eigenvalue weighted by molar-refractivity contribution is -0.384. The average molecular weight is 389 g/mol. The molecule has 0 atom stereocenters. The van der Waals surface area contributed by atoms with Crippen molar-refractivity contribution in [1.82, 2.24) is 10.9 Å². The highest BCUT2D eigenvalue weighted by Crippen LogP contribution is 2.31. The number of para-hydroxylation sites is 1. The molecule has 1 amide bonds. The van der Waals surface area contributed by atoms with E-state index in [4.69, 9.17) is 12.2 Å². The Bertz CT molecular complexity index is 904. The summed E-state index contributed by atoms with van der Waals surface area (Å²) in [6, 6.07) is 10.3. The van der Waals surface area contributed by atoms with Crippen molar-refractivity contribution in [2.75, 3.05) is 10.6 Å². The molecule has 1 aliphatic carbocycles. The summed E-state index contributed by atoms with van der Waals surface area (Å²) in [6.07, 6.45) is 1.94. The van der Waals surface area contributed by atoms with Gasteiger partial charge in [-0.15, -0.1) is 0 Å². The van der Waals surface area contributed by atoms with Crippen LogP contribution in [0, 0.1) is 15.9 Å². The quantitative estimate of drug-likeness (QED) is 0.354. The number of nitro benzene ring substituents is 1. The van der Waals surface area contributed by atoms with Crippen LogP contribution in [0.1, 0.15) is 23.2 Å². The molecule has 3 rings (SSSR count). The minimum Gasteiger partial charge on any atom is -0.377 e. The molecule has 140 valence electrons. The van der Waals surface area contributed by atoms with Gasteiger partial charge in [0.1, 0.15) is 11.5 Å². The number of benzene rings is 2. The molecular formula is C17H16FN5O3S. The summed E-state index contributed by atoms with van der Waals surface area (Å²) in [6.45, 7) is 0. The second kappa shape index (κ2) is 7.96. The molecule has 1 aliphatic rings. The van der Waals surface area contributed by atoms with Crippen molar-refractivity contribution >= 4 is 40.3 Å². The molecule has 0 unspecified atom stereocenters. The van der Waals surface area contributed by atoms with Crippen LogP contribution in [0.15, 0.2) is 42.5 Å². The van der Waals surface area contributed by atoms with Crippen LogP contribution in [-0.2, 0) is 0 Å². The zero-order chi connectivity index (χ0) is 19.4. The lowest BCUT2D eigenvalue weighted by Gasteiger charge is -2.12. The van der Waals surface area contributed by atoms with E-state index in [0.717, 1.165) is 12.8 Å². The summed E-state index contributed by atoms with van der Waals surface area (Å²) in [7, 11) is 0. The van der Waals surface area contributed by atoms with Crippen LogP contribution >= 0.6 is 12.2 Å². The number of nitro groups is 1. The average Bonchev–Trinajstić information content (AvgIpc) is 3.46. The van der Waals surface area contributed by atoms with Gasteiger partial charge in [-0.05, 0) is 49.3 Å². The highest BCUT2D eigenvalue weighted by molar-refractivity contribution is 7.80. The molecule has 0 bridgehead atoms. The van der Waals surface area contributed by atoms with E-state index < -0.39 is 16.6 Å². The summed E-state index contributed by atoms with van der Waals surface area (Å²) in [5.41, 5.74) is 5.19. The van der Waals surface area contributed by atoms with Gasteiger partial charge in [-0.1, -0.05) is 12.1 Å². The minimum atomic E-state index is -0.617. The van der Waals surface area contributed by atoms with E-state index in [9.17, 15) is 19.3 Å². The van der Waals surface area contributed by atoms with Gasteiger partial charge in [0.15, 0.2) is 5.11 Å². The molecule has 0 aliphatic heterocycles. The SMILES string of the molecule is O=C(NNC(=S)Nc1ccccc1F)c1ccc(NC2CC2)c([N+](=O)[O-])c1. The van der Waals surface area contributed by atoms with Gasteiger partial charge in [0.25, 0.3) is 11.6 Å². The molecule has 4 N–H and O–H groups in total. The van der Waals surface area contributed by atoms with Crippen LogP contribution in [0.25, 0.3) is 0 Å². The number of halogens is 1. The zero-order valence-corrected chi connectivity index (χ0v) is 14.8. The smallest absolute Gasteiger partial charge is 0.293 e. The van der Waals surface area contributed by atoms with E-state index in [2.05, 4.69) is 21.5 Å². The van der Waals surface area contributed by atoms with Gasteiger partial charge >= 0.3 is 0 Å². The molecule has 0 spiro atoms. The number of nitrogens with one attached hydrogen (secondary N) is 4. The van der Waals surface area contributed by atoms with Crippen LogP contribution in [-0.4, -0.2) is 22.0 Å². The summed E-state index contributed by atoms with van der Waals surface area (Å²) >= 11 is 4.98. The molecule has 0 aromatic heterocycles. The van der Waals surface area contributed by atoms with E-state index >= 15 is 0 Å². The number of nitrogens with zero attached hydrogens (tertiary/aromatic N) is 1. The number of thiocarbonyl (C=S) groups is 1. The summed E-state index contributed by atoms with van der Waals surface area (Å²) < 4.78 is 13.6. The molecular weight excluding hydrogens is 373 g/mol. The number of rotatable bonds is 5. The van der Waals surface area contributed by atoms with E-state index in [-0.39, 0.29) is 28.1 Å².